The van der Waals surface area contributed by atoms with Crippen LogP contribution in [0.2, 0.25) is 0 Å². The zero-order chi connectivity index (χ0) is 19.7. The molecule has 146 valence electrons. The lowest BCUT2D eigenvalue weighted by Gasteiger charge is -2.19. The van der Waals surface area contributed by atoms with E-state index in [9.17, 15) is 9.50 Å². The van der Waals surface area contributed by atoms with Crippen LogP contribution in [0.4, 0.5) is 10.3 Å². The van der Waals surface area contributed by atoms with E-state index in [1.807, 2.05) is 6.07 Å². The second-order valence-electron chi connectivity index (χ2n) is 7.23. The maximum absolute atomic E-state index is 13.4. The lowest BCUT2D eigenvalue weighted by Crippen LogP contribution is -2.16. The molecule has 0 radical (unpaired) electrons. The van der Waals surface area contributed by atoms with Gasteiger partial charge in [0.05, 0.1) is 29.7 Å². The Morgan fingerprint density at radius 1 is 1.21 bits per heavy atom. The number of anilines is 1. The quantitative estimate of drug-likeness (QED) is 0.681. The van der Waals surface area contributed by atoms with Crippen LogP contribution in [0.15, 0.2) is 36.5 Å². The zero-order valence-electron chi connectivity index (χ0n) is 16.1. The normalized spacial score (nSPS) is 18.3. The fraction of sp³-hybridized carbons (Fsp3) is 0.381. The Kier molecular flexibility index (Phi) is 5.09. The molecule has 6 nitrogen and oxygen atoms in total. The van der Waals surface area contributed by atoms with Gasteiger partial charge in [-0.3, -0.25) is 0 Å². The largest absolute Gasteiger partial charge is 0.394 e. The van der Waals surface area contributed by atoms with Crippen LogP contribution in [0.5, 0.6) is 0 Å². The first-order valence-electron chi connectivity index (χ1n) is 9.67. The predicted octanol–water partition coefficient (Wildman–Crippen LogP) is 3.69. The summed E-state index contributed by atoms with van der Waals surface area (Å²) in [5.41, 5.74) is 3.15. The summed E-state index contributed by atoms with van der Waals surface area (Å²) in [6, 6.07) is 8.12. The maximum atomic E-state index is 13.4. The van der Waals surface area contributed by atoms with Crippen molar-refractivity contribution in [1.82, 2.24) is 19.5 Å². The van der Waals surface area contributed by atoms with Gasteiger partial charge in [0.15, 0.2) is 0 Å². The maximum Gasteiger partial charge on any atom is 0.223 e. The highest BCUT2D eigenvalue weighted by Gasteiger charge is 2.35. The molecule has 7 heteroatoms. The van der Waals surface area contributed by atoms with Crippen LogP contribution < -0.4 is 5.32 Å². The number of imidazole rings is 1. The molecular weight excluding hydrogens is 357 g/mol. The Hall–Kier alpha value is -2.80. The molecule has 1 aromatic carbocycles. The summed E-state index contributed by atoms with van der Waals surface area (Å²) in [5, 5.41) is 13.2. The average Bonchev–Trinajstić information content (AvgIpc) is 3.21. The third-order valence-corrected chi connectivity index (χ3v) is 5.21. The van der Waals surface area contributed by atoms with Crippen molar-refractivity contribution in [1.29, 1.82) is 0 Å². The fourth-order valence-electron chi connectivity index (χ4n) is 3.79. The first-order chi connectivity index (χ1) is 13.6. The van der Waals surface area contributed by atoms with Crippen LogP contribution in [-0.2, 0) is 6.42 Å². The summed E-state index contributed by atoms with van der Waals surface area (Å²) in [4.78, 5) is 13.8. The summed E-state index contributed by atoms with van der Waals surface area (Å²) in [5.74, 6) is 1.48. The van der Waals surface area contributed by atoms with Gasteiger partial charge in [0, 0.05) is 24.7 Å². The highest BCUT2D eigenvalue weighted by atomic mass is 19.1. The van der Waals surface area contributed by atoms with Crippen LogP contribution in [-0.4, -0.2) is 37.8 Å². The second-order valence-corrected chi connectivity index (χ2v) is 7.23. The van der Waals surface area contributed by atoms with Crippen LogP contribution >= 0.6 is 0 Å². The van der Waals surface area contributed by atoms with Gasteiger partial charge in [-0.05, 0) is 42.7 Å². The van der Waals surface area contributed by atoms with E-state index in [4.69, 9.17) is 4.98 Å². The molecule has 4 rings (SSSR count). The lowest BCUT2D eigenvalue weighted by atomic mass is 10.0. The number of aliphatic hydroxyl groups is 1. The van der Waals surface area contributed by atoms with Crippen LogP contribution in [0.3, 0.4) is 0 Å². The van der Waals surface area contributed by atoms with Crippen LogP contribution in [0.1, 0.15) is 32.1 Å². The third kappa shape index (κ3) is 3.26. The number of hydrogen-bond acceptors (Lipinski definition) is 5. The van der Waals surface area contributed by atoms with E-state index in [2.05, 4.69) is 33.7 Å². The van der Waals surface area contributed by atoms with E-state index in [1.54, 1.807) is 18.3 Å². The number of nitrogens with zero attached hydrogens (tertiary/aromatic N) is 4. The molecule has 28 heavy (non-hydrogen) atoms. The minimum atomic E-state index is -0.285. The minimum Gasteiger partial charge on any atom is -0.394 e. The van der Waals surface area contributed by atoms with E-state index >= 15 is 0 Å². The Bertz CT molecular complexity index is 969. The first kappa shape index (κ1) is 18.6. The summed E-state index contributed by atoms with van der Waals surface area (Å²) in [6.45, 7) is 5.02. The Morgan fingerprint density at radius 3 is 2.71 bits per heavy atom. The number of aliphatic hydroxyl groups excluding tert-OH is 1. The predicted molar refractivity (Wildman–Crippen MR) is 106 cm³/mol. The monoisotopic (exact) mass is 381 g/mol. The average molecular weight is 381 g/mol. The Morgan fingerprint density at radius 2 is 2.00 bits per heavy atom. The van der Waals surface area contributed by atoms with Gasteiger partial charge in [-0.2, -0.15) is 0 Å². The van der Waals surface area contributed by atoms with Crippen molar-refractivity contribution >= 4 is 5.95 Å². The number of benzene rings is 1. The number of halogens is 1. The Labute approximate surface area is 163 Å². The number of aromatic nitrogens is 4. The molecule has 0 unspecified atom stereocenters. The molecule has 0 saturated carbocycles. The SMILES string of the molecule is CCCNc1nccc(-c2c(-c3ccc(F)cc3)nc3n2[C@@H](CO)[C@H](C)C3)n1. The van der Waals surface area contributed by atoms with E-state index < -0.39 is 0 Å². The molecule has 3 heterocycles. The number of nitrogens with one attached hydrogen (secondary N) is 1. The van der Waals surface area contributed by atoms with Crippen LogP contribution in [0, 0.1) is 11.7 Å². The molecule has 1 aliphatic heterocycles. The molecule has 2 N–H and O–H groups in total. The van der Waals surface area contributed by atoms with Crippen molar-refractivity contribution in [2.45, 2.75) is 32.7 Å². The zero-order valence-corrected chi connectivity index (χ0v) is 16.1. The molecule has 0 aliphatic carbocycles. The lowest BCUT2D eigenvalue weighted by molar-refractivity contribution is 0.206. The highest BCUT2D eigenvalue weighted by molar-refractivity contribution is 5.78. The Balaban J connectivity index is 1.88. The van der Waals surface area contributed by atoms with Gasteiger partial charge < -0.3 is 15.0 Å². The smallest absolute Gasteiger partial charge is 0.223 e. The molecule has 3 aromatic rings. The molecular formula is C21H24FN5O. The van der Waals surface area contributed by atoms with Gasteiger partial charge in [0.25, 0.3) is 0 Å². The van der Waals surface area contributed by atoms with E-state index in [0.29, 0.717) is 5.95 Å². The van der Waals surface area contributed by atoms with E-state index in [0.717, 1.165) is 47.9 Å². The van der Waals surface area contributed by atoms with Crippen molar-refractivity contribution in [3.05, 3.63) is 48.2 Å². The number of rotatable bonds is 6. The number of hydrogen-bond donors (Lipinski definition) is 2. The van der Waals surface area contributed by atoms with Gasteiger partial charge in [-0.25, -0.2) is 19.3 Å². The molecule has 1 aliphatic rings. The van der Waals surface area contributed by atoms with Gasteiger partial charge >= 0.3 is 0 Å². The molecule has 0 bridgehead atoms. The van der Waals surface area contributed by atoms with Crippen molar-refractivity contribution in [2.75, 3.05) is 18.5 Å². The van der Waals surface area contributed by atoms with Crippen molar-refractivity contribution in [3.8, 4) is 22.6 Å². The van der Waals surface area contributed by atoms with Gasteiger partial charge in [0.1, 0.15) is 11.6 Å². The van der Waals surface area contributed by atoms with Gasteiger partial charge in [-0.15, -0.1) is 0 Å². The molecule has 0 amide bonds. The summed E-state index contributed by atoms with van der Waals surface area (Å²) in [7, 11) is 0. The topological polar surface area (TPSA) is 75.9 Å². The summed E-state index contributed by atoms with van der Waals surface area (Å²) >= 11 is 0. The van der Waals surface area contributed by atoms with Crippen molar-refractivity contribution in [2.24, 2.45) is 5.92 Å². The standard InChI is InChI=1S/C21H24FN5O/c1-3-9-23-21-24-10-8-16(25-21)20-19(14-4-6-15(22)7-5-14)26-18-11-13(2)17(12-28)27(18)20/h4-8,10,13,17,28H,3,9,11-12H2,1-2H3,(H,23,24,25)/t13-,17+/m1/s1. The second kappa shape index (κ2) is 7.67. The minimum absolute atomic E-state index is 0.0341. The van der Waals surface area contributed by atoms with Gasteiger partial charge in [-0.1, -0.05) is 13.8 Å². The number of fused-ring (bicyclic) bond motifs is 1. The molecule has 0 saturated heterocycles. The third-order valence-electron chi connectivity index (χ3n) is 5.21. The van der Waals surface area contributed by atoms with E-state index in [1.165, 1.54) is 12.1 Å². The fourth-order valence-corrected chi connectivity index (χ4v) is 3.79. The summed E-state index contributed by atoms with van der Waals surface area (Å²) in [6.07, 6.45) is 3.48. The molecule has 2 atom stereocenters. The van der Waals surface area contributed by atoms with E-state index in [-0.39, 0.29) is 24.4 Å². The van der Waals surface area contributed by atoms with Crippen LogP contribution in [0.25, 0.3) is 22.6 Å². The molecule has 2 aromatic heterocycles. The molecule has 0 fully saturated rings. The highest BCUT2D eigenvalue weighted by Crippen LogP contribution is 2.41. The van der Waals surface area contributed by atoms with Crippen molar-refractivity contribution in [3.63, 3.8) is 0 Å². The van der Waals surface area contributed by atoms with Gasteiger partial charge in [0.2, 0.25) is 5.95 Å². The molecule has 0 spiro atoms. The first-order valence-corrected chi connectivity index (χ1v) is 9.67. The summed E-state index contributed by atoms with van der Waals surface area (Å²) < 4.78 is 15.5. The van der Waals surface area contributed by atoms with Crippen molar-refractivity contribution < 1.29 is 9.50 Å².